The fourth-order valence-electron chi connectivity index (χ4n) is 2.35. The predicted molar refractivity (Wildman–Crippen MR) is 83.9 cm³/mol. The maximum atomic E-state index is 11.5. The molecule has 1 saturated heterocycles. The lowest BCUT2D eigenvalue weighted by molar-refractivity contribution is -0.112. The molecule has 7 nitrogen and oxygen atoms in total. The quantitative estimate of drug-likeness (QED) is 0.593. The van der Waals surface area contributed by atoms with Crippen molar-refractivity contribution in [3.05, 3.63) is 24.3 Å². The topological polar surface area (TPSA) is 93.9 Å². The van der Waals surface area contributed by atoms with Crippen molar-refractivity contribution in [1.82, 2.24) is 0 Å². The highest BCUT2D eigenvalue weighted by molar-refractivity contribution is 6.19. The predicted octanol–water partition coefficient (Wildman–Crippen LogP) is 0.599. The molecule has 0 radical (unpaired) electrons. The van der Waals surface area contributed by atoms with E-state index in [0.29, 0.717) is 49.7 Å². The number of benzene rings is 1. The van der Waals surface area contributed by atoms with Gasteiger partial charge in [-0.3, -0.25) is 9.59 Å². The molecule has 1 heterocycles. The lowest BCUT2D eigenvalue weighted by Crippen LogP contribution is -2.37. The summed E-state index contributed by atoms with van der Waals surface area (Å²) < 4.78 is 10.6. The van der Waals surface area contributed by atoms with Crippen molar-refractivity contribution >= 4 is 29.3 Å². The number of methoxy groups -OCH3 is 1. The van der Waals surface area contributed by atoms with Gasteiger partial charge in [0.2, 0.25) is 12.3 Å². The van der Waals surface area contributed by atoms with Gasteiger partial charge < -0.3 is 25.4 Å². The van der Waals surface area contributed by atoms with E-state index in [1.807, 2.05) is 0 Å². The minimum absolute atomic E-state index is 0.179. The Morgan fingerprint density at radius 1 is 1.45 bits per heavy atom. The molecule has 0 aromatic heterocycles. The van der Waals surface area contributed by atoms with Gasteiger partial charge in [0.25, 0.3) is 0 Å². The van der Waals surface area contributed by atoms with E-state index in [4.69, 9.17) is 15.2 Å². The largest absolute Gasteiger partial charge is 0.494 e. The van der Waals surface area contributed by atoms with Crippen LogP contribution in [0.1, 0.15) is 5.56 Å². The van der Waals surface area contributed by atoms with E-state index in [1.54, 1.807) is 12.1 Å². The Balaban J connectivity index is 2.54. The third-order valence-electron chi connectivity index (χ3n) is 3.51. The number of nitrogens with zero attached hydrogens (tertiary/aromatic N) is 1. The molecule has 1 aromatic carbocycles. The van der Waals surface area contributed by atoms with E-state index in [0.717, 1.165) is 5.69 Å². The van der Waals surface area contributed by atoms with Gasteiger partial charge in [-0.1, -0.05) is 6.58 Å². The highest BCUT2D eigenvalue weighted by atomic mass is 16.5. The second kappa shape index (κ2) is 6.95. The summed E-state index contributed by atoms with van der Waals surface area (Å²) in [5.41, 5.74) is 7.33. The van der Waals surface area contributed by atoms with Crippen LogP contribution in [0.2, 0.25) is 0 Å². The Labute approximate surface area is 128 Å². The van der Waals surface area contributed by atoms with Crippen LogP contribution in [0.5, 0.6) is 5.75 Å². The Bertz CT molecular complexity index is 595. The second-order valence-electron chi connectivity index (χ2n) is 4.77. The van der Waals surface area contributed by atoms with Crippen LogP contribution in [0.25, 0.3) is 5.57 Å². The summed E-state index contributed by atoms with van der Waals surface area (Å²) in [6, 6.07) is 3.41. The molecular weight excluding hydrogens is 286 g/mol. The summed E-state index contributed by atoms with van der Waals surface area (Å²) in [7, 11) is 1.51. The molecular formula is C15H19N3O4. The van der Waals surface area contributed by atoms with Crippen molar-refractivity contribution in [2.75, 3.05) is 43.6 Å². The summed E-state index contributed by atoms with van der Waals surface area (Å²) in [6.45, 7) is 6.31. The van der Waals surface area contributed by atoms with Gasteiger partial charge in [-0.05, 0) is 6.07 Å². The highest BCUT2D eigenvalue weighted by Crippen LogP contribution is 2.36. The van der Waals surface area contributed by atoms with Crippen LogP contribution < -0.4 is 20.7 Å². The SMILES string of the molecule is C=C(C(N)=O)c1cc(NC=O)c(OC)cc1N1CCOCC1. The monoisotopic (exact) mass is 305 g/mol. The van der Waals surface area contributed by atoms with Crippen molar-refractivity contribution < 1.29 is 19.1 Å². The number of rotatable bonds is 6. The smallest absolute Gasteiger partial charge is 0.248 e. The number of ether oxygens (including phenoxy) is 2. The number of morpholine rings is 1. The van der Waals surface area contributed by atoms with Gasteiger partial charge in [-0.25, -0.2) is 0 Å². The zero-order chi connectivity index (χ0) is 16.1. The molecule has 2 rings (SSSR count). The molecule has 0 bridgehead atoms. The van der Waals surface area contributed by atoms with E-state index in [2.05, 4.69) is 16.8 Å². The number of hydrogen-bond donors (Lipinski definition) is 2. The van der Waals surface area contributed by atoms with Crippen LogP contribution >= 0.6 is 0 Å². The van der Waals surface area contributed by atoms with Gasteiger partial charge in [-0.15, -0.1) is 0 Å². The molecule has 22 heavy (non-hydrogen) atoms. The van der Waals surface area contributed by atoms with E-state index in [-0.39, 0.29) is 5.57 Å². The van der Waals surface area contributed by atoms with Gasteiger partial charge in [0.1, 0.15) is 5.75 Å². The van der Waals surface area contributed by atoms with Crippen molar-refractivity contribution in [2.45, 2.75) is 0 Å². The molecule has 0 unspecified atom stereocenters. The normalized spacial score (nSPS) is 14.3. The molecule has 0 aliphatic carbocycles. The minimum atomic E-state index is -0.614. The van der Waals surface area contributed by atoms with Crippen LogP contribution in [0.4, 0.5) is 11.4 Å². The summed E-state index contributed by atoms with van der Waals surface area (Å²) in [5.74, 6) is -0.119. The first kappa shape index (κ1) is 15.8. The molecule has 118 valence electrons. The van der Waals surface area contributed by atoms with Crippen LogP contribution in [0.3, 0.4) is 0 Å². The lowest BCUT2D eigenvalue weighted by Gasteiger charge is -2.31. The average molecular weight is 305 g/mol. The second-order valence-corrected chi connectivity index (χ2v) is 4.77. The maximum Gasteiger partial charge on any atom is 0.248 e. The van der Waals surface area contributed by atoms with Gasteiger partial charge in [-0.2, -0.15) is 0 Å². The van der Waals surface area contributed by atoms with Crippen LogP contribution in [0, 0.1) is 0 Å². The number of nitrogens with two attached hydrogens (primary N) is 1. The Kier molecular flexibility index (Phi) is 5.00. The van der Waals surface area contributed by atoms with Gasteiger partial charge in [0.15, 0.2) is 0 Å². The number of amides is 2. The van der Waals surface area contributed by atoms with E-state index >= 15 is 0 Å². The number of nitrogens with one attached hydrogen (secondary N) is 1. The number of primary amides is 1. The first-order chi connectivity index (χ1) is 10.6. The number of hydrogen-bond acceptors (Lipinski definition) is 5. The molecule has 1 aliphatic rings. The Morgan fingerprint density at radius 2 is 2.14 bits per heavy atom. The lowest BCUT2D eigenvalue weighted by atomic mass is 10.0. The van der Waals surface area contributed by atoms with Crippen molar-refractivity contribution in [1.29, 1.82) is 0 Å². The standard InChI is InChI=1S/C15H19N3O4/c1-10(15(16)20)11-7-12(17-9-19)14(21-2)8-13(11)18-3-5-22-6-4-18/h7-9H,1,3-6H2,2H3,(H2,16,20)(H,17,19). The molecule has 3 N–H and O–H groups in total. The molecule has 0 spiro atoms. The molecule has 7 heteroatoms. The first-order valence-corrected chi connectivity index (χ1v) is 6.82. The number of carbonyl (C=O) groups excluding carboxylic acids is 2. The average Bonchev–Trinajstić information content (AvgIpc) is 2.54. The number of carbonyl (C=O) groups is 2. The molecule has 1 aromatic rings. The zero-order valence-corrected chi connectivity index (χ0v) is 12.4. The zero-order valence-electron chi connectivity index (χ0n) is 12.4. The molecule has 1 fully saturated rings. The molecule has 2 amide bonds. The van der Waals surface area contributed by atoms with Crippen LogP contribution in [-0.4, -0.2) is 45.7 Å². The molecule has 1 aliphatic heterocycles. The summed E-state index contributed by atoms with van der Waals surface area (Å²) in [4.78, 5) is 24.3. The fraction of sp³-hybridized carbons (Fsp3) is 0.333. The first-order valence-electron chi connectivity index (χ1n) is 6.82. The van der Waals surface area contributed by atoms with Crippen LogP contribution in [0.15, 0.2) is 18.7 Å². The van der Waals surface area contributed by atoms with Crippen molar-refractivity contribution in [2.24, 2.45) is 5.73 Å². The summed E-state index contributed by atoms with van der Waals surface area (Å²) in [6.07, 6.45) is 0.545. The Hall–Kier alpha value is -2.54. The van der Waals surface area contributed by atoms with E-state index in [9.17, 15) is 9.59 Å². The minimum Gasteiger partial charge on any atom is -0.494 e. The molecule has 0 saturated carbocycles. The van der Waals surface area contributed by atoms with Crippen LogP contribution in [-0.2, 0) is 14.3 Å². The van der Waals surface area contributed by atoms with Crippen molar-refractivity contribution in [3.8, 4) is 5.75 Å². The highest BCUT2D eigenvalue weighted by Gasteiger charge is 2.21. The maximum absolute atomic E-state index is 11.5. The van der Waals surface area contributed by atoms with Gasteiger partial charge in [0.05, 0.1) is 26.0 Å². The molecule has 0 atom stereocenters. The fourth-order valence-corrected chi connectivity index (χ4v) is 2.35. The van der Waals surface area contributed by atoms with E-state index in [1.165, 1.54) is 7.11 Å². The van der Waals surface area contributed by atoms with Gasteiger partial charge >= 0.3 is 0 Å². The summed E-state index contributed by atoms with van der Waals surface area (Å²) >= 11 is 0. The van der Waals surface area contributed by atoms with Gasteiger partial charge in [0, 0.05) is 36.0 Å². The third kappa shape index (κ3) is 3.20. The van der Waals surface area contributed by atoms with Crippen molar-refractivity contribution in [3.63, 3.8) is 0 Å². The number of anilines is 2. The Morgan fingerprint density at radius 3 is 2.68 bits per heavy atom. The van der Waals surface area contributed by atoms with E-state index < -0.39 is 5.91 Å². The summed E-state index contributed by atoms with van der Waals surface area (Å²) in [5, 5.41) is 2.55. The third-order valence-corrected chi connectivity index (χ3v) is 3.51.